The lowest BCUT2D eigenvalue weighted by Gasteiger charge is -2.25. The van der Waals surface area contributed by atoms with E-state index in [9.17, 15) is 22.4 Å². The first kappa shape index (κ1) is 20.9. The van der Waals surface area contributed by atoms with Gasteiger partial charge in [-0.2, -0.15) is 18.3 Å². The molecular formula is C20H17F4N5O2. The zero-order valence-corrected chi connectivity index (χ0v) is 16.5. The monoisotopic (exact) mass is 435 g/mol. The topological polar surface area (TPSA) is 94.2 Å². The van der Waals surface area contributed by atoms with Crippen molar-refractivity contribution in [3.8, 4) is 0 Å². The summed E-state index contributed by atoms with van der Waals surface area (Å²) in [4.78, 5) is 18.4. The van der Waals surface area contributed by atoms with Crippen molar-refractivity contribution in [2.24, 2.45) is 0 Å². The third-order valence-electron chi connectivity index (χ3n) is 5.35. The Bertz CT molecular complexity index is 1180. The average Bonchev–Trinajstić information content (AvgIpc) is 3.22. The van der Waals surface area contributed by atoms with Crippen LogP contribution in [0.25, 0.3) is 10.9 Å². The molecule has 0 spiro atoms. The van der Waals surface area contributed by atoms with Gasteiger partial charge in [-0.3, -0.25) is 4.79 Å². The van der Waals surface area contributed by atoms with Gasteiger partial charge in [-0.1, -0.05) is 0 Å². The maximum Gasteiger partial charge on any atom is 0.435 e. The van der Waals surface area contributed by atoms with Crippen LogP contribution < -0.4 is 5.73 Å². The number of nitrogens with two attached hydrogens (primary N) is 1. The highest BCUT2D eigenvalue weighted by Crippen LogP contribution is 2.33. The lowest BCUT2D eigenvalue weighted by Crippen LogP contribution is -2.31. The van der Waals surface area contributed by atoms with Gasteiger partial charge in [0.15, 0.2) is 5.69 Å². The molecule has 3 aromatic rings. The van der Waals surface area contributed by atoms with Crippen molar-refractivity contribution in [3.63, 3.8) is 0 Å². The van der Waals surface area contributed by atoms with E-state index in [4.69, 9.17) is 10.5 Å². The van der Waals surface area contributed by atoms with Crippen LogP contribution >= 0.6 is 0 Å². The number of ether oxygens (including phenoxy) is 1. The Morgan fingerprint density at radius 2 is 1.90 bits per heavy atom. The maximum atomic E-state index is 14.8. The van der Waals surface area contributed by atoms with Crippen LogP contribution in [0.3, 0.4) is 0 Å². The number of hydrogen-bond donors (Lipinski definition) is 1. The minimum Gasteiger partial charge on any atom is -0.383 e. The van der Waals surface area contributed by atoms with Crippen LogP contribution in [0.1, 0.15) is 45.8 Å². The van der Waals surface area contributed by atoms with Crippen LogP contribution in [0.2, 0.25) is 0 Å². The number of anilines is 1. The Labute approximate surface area is 173 Å². The van der Waals surface area contributed by atoms with Gasteiger partial charge in [0.05, 0.1) is 36.0 Å². The van der Waals surface area contributed by atoms with Crippen molar-refractivity contribution in [2.75, 3.05) is 12.8 Å². The molecule has 1 aliphatic heterocycles. The SMILES string of the molecule is CC(c1ccc(C(F)(F)F)nn1)N(C)C(=O)c1cc2c3c(c(N)nc2cc1F)COC3. The van der Waals surface area contributed by atoms with Gasteiger partial charge in [-0.15, -0.1) is 5.10 Å². The summed E-state index contributed by atoms with van der Waals surface area (Å²) in [5.74, 6) is -1.20. The smallest absolute Gasteiger partial charge is 0.383 e. The van der Waals surface area contributed by atoms with E-state index in [2.05, 4.69) is 15.2 Å². The number of rotatable bonds is 3. The van der Waals surface area contributed by atoms with Crippen LogP contribution in [-0.2, 0) is 24.1 Å². The molecule has 0 aliphatic carbocycles. The molecule has 0 saturated carbocycles. The molecule has 4 rings (SSSR count). The Hall–Kier alpha value is -3.34. The summed E-state index contributed by atoms with van der Waals surface area (Å²) in [6.45, 7) is 2.11. The quantitative estimate of drug-likeness (QED) is 0.632. The molecule has 1 aromatic carbocycles. The van der Waals surface area contributed by atoms with Gasteiger partial charge < -0.3 is 15.4 Å². The fraction of sp³-hybridized carbons (Fsp3) is 0.300. The first-order valence-corrected chi connectivity index (χ1v) is 9.24. The van der Waals surface area contributed by atoms with Crippen molar-refractivity contribution < 1.29 is 27.1 Å². The molecule has 11 heteroatoms. The van der Waals surface area contributed by atoms with E-state index >= 15 is 0 Å². The first-order valence-electron chi connectivity index (χ1n) is 9.24. The highest BCUT2D eigenvalue weighted by atomic mass is 19.4. The van der Waals surface area contributed by atoms with E-state index in [1.54, 1.807) is 6.92 Å². The second-order valence-corrected chi connectivity index (χ2v) is 7.23. The summed E-state index contributed by atoms with van der Waals surface area (Å²) in [6, 6.07) is 3.70. The molecule has 3 heterocycles. The van der Waals surface area contributed by atoms with Crippen LogP contribution in [0.5, 0.6) is 0 Å². The summed E-state index contributed by atoms with van der Waals surface area (Å²) in [5, 5.41) is 7.30. The third-order valence-corrected chi connectivity index (χ3v) is 5.35. The molecule has 2 aromatic heterocycles. The van der Waals surface area contributed by atoms with Gasteiger partial charge in [0, 0.05) is 24.1 Å². The predicted octanol–water partition coefficient (Wildman–Crippen LogP) is 3.63. The highest BCUT2D eigenvalue weighted by molar-refractivity contribution is 5.99. The molecule has 1 aliphatic rings. The molecule has 162 valence electrons. The molecule has 31 heavy (non-hydrogen) atoms. The molecular weight excluding hydrogens is 418 g/mol. The fourth-order valence-corrected chi connectivity index (χ4v) is 3.44. The number of carbonyl (C=O) groups excluding carboxylic acids is 1. The van der Waals surface area contributed by atoms with E-state index in [-0.39, 0.29) is 30.3 Å². The Morgan fingerprint density at radius 3 is 2.55 bits per heavy atom. The molecule has 7 nitrogen and oxygen atoms in total. The Morgan fingerprint density at radius 1 is 1.19 bits per heavy atom. The second-order valence-electron chi connectivity index (χ2n) is 7.23. The molecule has 0 radical (unpaired) electrons. The molecule has 1 amide bonds. The molecule has 0 fully saturated rings. The van der Waals surface area contributed by atoms with Gasteiger partial charge in [-0.25, -0.2) is 9.37 Å². The van der Waals surface area contributed by atoms with Crippen LogP contribution in [-0.4, -0.2) is 33.0 Å². The van der Waals surface area contributed by atoms with Crippen LogP contribution in [0.15, 0.2) is 24.3 Å². The Balaban J connectivity index is 1.67. The number of aromatic nitrogens is 3. The minimum absolute atomic E-state index is 0.133. The van der Waals surface area contributed by atoms with Crippen LogP contribution in [0, 0.1) is 5.82 Å². The molecule has 0 saturated heterocycles. The lowest BCUT2D eigenvalue weighted by atomic mass is 10.0. The number of benzene rings is 1. The normalized spacial score (nSPS) is 14.5. The zero-order chi connectivity index (χ0) is 22.5. The van der Waals surface area contributed by atoms with E-state index in [0.717, 1.165) is 23.8 Å². The number of carbonyl (C=O) groups is 1. The minimum atomic E-state index is -4.62. The molecule has 2 N–H and O–H groups in total. The van der Waals surface area contributed by atoms with E-state index < -0.39 is 29.6 Å². The average molecular weight is 435 g/mol. The Kier molecular flexibility index (Phi) is 5.00. The lowest BCUT2D eigenvalue weighted by molar-refractivity contribution is -0.141. The van der Waals surface area contributed by atoms with E-state index in [0.29, 0.717) is 16.5 Å². The van der Waals surface area contributed by atoms with Crippen molar-refractivity contribution in [1.82, 2.24) is 20.1 Å². The number of nitrogens with zero attached hydrogens (tertiary/aromatic N) is 4. The predicted molar refractivity (Wildman–Crippen MR) is 102 cm³/mol. The van der Waals surface area contributed by atoms with Crippen molar-refractivity contribution in [1.29, 1.82) is 0 Å². The van der Waals surface area contributed by atoms with Gasteiger partial charge >= 0.3 is 6.18 Å². The molecule has 1 atom stereocenters. The maximum absolute atomic E-state index is 14.8. The number of fused-ring (bicyclic) bond motifs is 3. The summed E-state index contributed by atoms with van der Waals surface area (Å²) in [6.07, 6.45) is -4.62. The highest BCUT2D eigenvalue weighted by Gasteiger charge is 2.33. The van der Waals surface area contributed by atoms with Gasteiger partial charge in [0.25, 0.3) is 5.91 Å². The van der Waals surface area contributed by atoms with Crippen LogP contribution in [0.4, 0.5) is 23.4 Å². The zero-order valence-electron chi connectivity index (χ0n) is 16.5. The van der Waals surface area contributed by atoms with Gasteiger partial charge in [0.1, 0.15) is 11.6 Å². The summed E-state index contributed by atoms with van der Waals surface area (Å²) in [7, 11) is 1.41. The van der Waals surface area contributed by atoms with Crippen molar-refractivity contribution in [3.05, 3.63) is 58.2 Å². The summed E-state index contributed by atoms with van der Waals surface area (Å²) >= 11 is 0. The van der Waals surface area contributed by atoms with E-state index in [1.165, 1.54) is 18.0 Å². The van der Waals surface area contributed by atoms with E-state index in [1.807, 2.05) is 0 Å². The van der Waals surface area contributed by atoms with Gasteiger partial charge in [0.2, 0.25) is 0 Å². The first-order chi connectivity index (χ1) is 14.6. The fourth-order valence-electron chi connectivity index (χ4n) is 3.44. The number of amides is 1. The molecule has 0 bridgehead atoms. The third kappa shape index (κ3) is 3.65. The number of hydrogen-bond acceptors (Lipinski definition) is 6. The van der Waals surface area contributed by atoms with Crippen molar-refractivity contribution >= 4 is 22.6 Å². The summed E-state index contributed by atoms with van der Waals surface area (Å²) in [5.41, 5.74) is 6.46. The summed E-state index contributed by atoms with van der Waals surface area (Å²) < 4.78 is 58.2. The van der Waals surface area contributed by atoms with Gasteiger partial charge in [-0.05, 0) is 30.7 Å². The molecule has 1 unspecified atom stereocenters. The number of pyridine rings is 1. The number of nitrogen functional groups attached to an aromatic ring is 1. The van der Waals surface area contributed by atoms with Crippen molar-refractivity contribution in [2.45, 2.75) is 32.4 Å². The largest absolute Gasteiger partial charge is 0.435 e. The second kappa shape index (κ2) is 7.41. The standard InChI is InChI=1S/C20H17F4N5O2/c1-9(15-3-4-17(28-27-15)20(22,23)24)29(2)19(30)11-5-10-12-7-31-8-13(12)18(25)26-16(10)6-14(11)21/h3-6,9H,7-8H2,1-2H3,(H2,25,26). The number of alkyl halides is 3. The number of halogens is 4.